The summed E-state index contributed by atoms with van der Waals surface area (Å²) in [5, 5.41) is 16.0. The first-order chi connectivity index (χ1) is 10.9. The lowest BCUT2D eigenvalue weighted by molar-refractivity contribution is -0.140. The predicted octanol–water partition coefficient (Wildman–Crippen LogP) is 1.62. The summed E-state index contributed by atoms with van der Waals surface area (Å²) in [6, 6.07) is 7.39. The molecule has 1 saturated carbocycles. The number of nitrogens with zero attached hydrogens (tertiary/aromatic N) is 3. The highest BCUT2D eigenvalue weighted by Crippen LogP contribution is 2.58. The molecule has 1 heterocycles. The Morgan fingerprint density at radius 2 is 1.96 bits per heavy atom. The molecule has 120 valence electrons. The highest BCUT2D eigenvalue weighted by Gasteiger charge is 2.65. The first-order valence-corrected chi connectivity index (χ1v) is 7.34. The molecule has 1 aromatic carbocycles. The minimum Gasteiger partial charge on any atom is -0.481 e. The van der Waals surface area contributed by atoms with Crippen LogP contribution in [-0.4, -0.2) is 31.7 Å². The zero-order valence-electron chi connectivity index (χ0n) is 12.9. The van der Waals surface area contributed by atoms with Crippen LogP contribution < -0.4 is 5.32 Å². The fourth-order valence-corrected chi connectivity index (χ4v) is 3.00. The van der Waals surface area contributed by atoms with Crippen molar-refractivity contribution in [3.63, 3.8) is 0 Å². The highest BCUT2D eigenvalue weighted by molar-refractivity contribution is 5.99. The maximum Gasteiger partial charge on any atom is 0.307 e. The number of rotatable bonds is 5. The lowest BCUT2D eigenvalue weighted by atomic mass is 10.1. The molecule has 0 radical (unpaired) electrons. The van der Waals surface area contributed by atoms with E-state index >= 15 is 0 Å². The van der Waals surface area contributed by atoms with Crippen LogP contribution in [0.15, 0.2) is 36.9 Å². The normalized spacial score (nSPS) is 21.7. The van der Waals surface area contributed by atoms with E-state index in [0.29, 0.717) is 12.2 Å². The molecule has 1 amide bonds. The number of aliphatic carboxylic acids is 1. The molecule has 0 bridgehead atoms. The average molecular weight is 314 g/mol. The smallest absolute Gasteiger partial charge is 0.307 e. The van der Waals surface area contributed by atoms with E-state index in [1.807, 2.05) is 12.1 Å². The van der Waals surface area contributed by atoms with Gasteiger partial charge in [0.15, 0.2) is 0 Å². The molecule has 1 aromatic heterocycles. The number of carbonyl (C=O) groups excluding carboxylic acids is 1. The van der Waals surface area contributed by atoms with Crippen LogP contribution in [0, 0.1) is 17.3 Å². The third-order valence-electron chi connectivity index (χ3n) is 4.41. The zero-order chi connectivity index (χ0) is 16.6. The van der Waals surface area contributed by atoms with E-state index in [1.54, 1.807) is 37.0 Å². The third kappa shape index (κ3) is 2.94. The lowest BCUT2D eigenvalue weighted by Gasteiger charge is -2.07. The summed E-state index contributed by atoms with van der Waals surface area (Å²) in [4.78, 5) is 27.3. The van der Waals surface area contributed by atoms with E-state index in [2.05, 4.69) is 15.4 Å². The summed E-state index contributed by atoms with van der Waals surface area (Å²) in [6.07, 6.45) is 3.11. The Labute approximate surface area is 133 Å². The van der Waals surface area contributed by atoms with Crippen LogP contribution in [0.5, 0.6) is 0 Å². The lowest BCUT2D eigenvalue weighted by Crippen LogP contribution is -2.17. The van der Waals surface area contributed by atoms with Crippen LogP contribution in [0.3, 0.4) is 0 Å². The first kappa shape index (κ1) is 15.2. The average Bonchev–Trinajstić information content (AvgIpc) is 2.83. The molecule has 0 unspecified atom stereocenters. The fourth-order valence-electron chi connectivity index (χ4n) is 3.00. The number of carbonyl (C=O) groups is 2. The van der Waals surface area contributed by atoms with Crippen LogP contribution >= 0.6 is 0 Å². The number of benzene rings is 1. The minimum atomic E-state index is -0.918. The number of aromatic nitrogens is 3. The van der Waals surface area contributed by atoms with Crippen molar-refractivity contribution in [1.29, 1.82) is 0 Å². The molecule has 1 aliphatic rings. The number of amides is 1. The molecule has 0 aliphatic heterocycles. The molecule has 3 rings (SSSR count). The van der Waals surface area contributed by atoms with Gasteiger partial charge in [-0.2, -0.15) is 5.10 Å². The number of hydrogen-bond donors (Lipinski definition) is 2. The van der Waals surface area contributed by atoms with Gasteiger partial charge in [-0.1, -0.05) is 26.0 Å². The molecule has 0 saturated heterocycles. The summed E-state index contributed by atoms with van der Waals surface area (Å²) >= 11 is 0. The van der Waals surface area contributed by atoms with Crippen LogP contribution in [0.4, 0.5) is 5.69 Å². The maximum atomic E-state index is 12.2. The van der Waals surface area contributed by atoms with E-state index < -0.39 is 23.2 Å². The second-order valence-electron chi connectivity index (χ2n) is 6.39. The molecular formula is C16H18N4O3. The van der Waals surface area contributed by atoms with Crippen molar-refractivity contribution in [3.8, 4) is 0 Å². The number of carboxylic acid groups (broad SMARTS) is 1. The van der Waals surface area contributed by atoms with Gasteiger partial charge in [0.05, 0.1) is 18.4 Å². The van der Waals surface area contributed by atoms with E-state index in [9.17, 15) is 9.59 Å². The molecule has 2 aromatic rings. The van der Waals surface area contributed by atoms with Gasteiger partial charge in [-0.25, -0.2) is 9.67 Å². The molecule has 7 heteroatoms. The summed E-state index contributed by atoms with van der Waals surface area (Å²) in [5.41, 5.74) is 1.19. The van der Waals surface area contributed by atoms with Gasteiger partial charge in [0.1, 0.15) is 12.7 Å². The molecule has 7 nitrogen and oxygen atoms in total. The van der Waals surface area contributed by atoms with E-state index in [-0.39, 0.29) is 5.91 Å². The first-order valence-electron chi connectivity index (χ1n) is 7.34. The van der Waals surface area contributed by atoms with Crippen molar-refractivity contribution in [2.75, 3.05) is 5.32 Å². The number of anilines is 1. The summed E-state index contributed by atoms with van der Waals surface area (Å²) in [5.74, 6) is -2.27. The van der Waals surface area contributed by atoms with Crippen molar-refractivity contribution < 1.29 is 14.7 Å². The molecule has 2 atom stereocenters. The van der Waals surface area contributed by atoms with Crippen LogP contribution in [0.25, 0.3) is 0 Å². The van der Waals surface area contributed by atoms with Gasteiger partial charge < -0.3 is 10.4 Å². The largest absolute Gasteiger partial charge is 0.481 e. The second kappa shape index (κ2) is 5.49. The number of carboxylic acids is 1. The SMILES string of the molecule is CC1(C)[C@@H](C(=O)O)[C@@H]1C(=O)Nc1ccc(Cn2cncn2)cc1. The zero-order valence-corrected chi connectivity index (χ0v) is 12.9. The predicted molar refractivity (Wildman–Crippen MR) is 82.6 cm³/mol. The van der Waals surface area contributed by atoms with Crippen molar-refractivity contribution >= 4 is 17.6 Å². The number of hydrogen-bond acceptors (Lipinski definition) is 4. The van der Waals surface area contributed by atoms with Gasteiger partial charge in [0.2, 0.25) is 5.91 Å². The fraction of sp³-hybridized carbons (Fsp3) is 0.375. The summed E-state index contributed by atoms with van der Waals surface area (Å²) in [6.45, 7) is 4.21. The van der Waals surface area contributed by atoms with Crippen LogP contribution in [0.1, 0.15) is 19.4 Å². The van der Waals surface area contributed by atoms with Gasteiger partial charge >= 0.3 is 5.97 Å². The molecule has 0 spiro atoms. The van der Waals surface area contributed by atoms with Gasteiger partial charge in [0, 0.05) is 5.69 Å². The molecule has 1 fully saturated rings. The Kier molecular flexibility index (Phi) is 3.63. The van der Waals surface area contributed by atoms with Gasteiger partial charge in [-0.05, 0) is 23.1 Å². The molecule has 1 aliphatic carbocycles. The van der Waals surface area contributed by atoms with Crippen LogP contribution in [0.2, 0.25) is 0 Å². The topological polar surface area (TPSA) is 97.1 Å². The Bertz CT molecular complexity index is 722. The Balaban J connectivity index is 1.62. The van der Waals surface area contributed by atoms with Crippen molar-refractivity contribution in [2.45, 2.75) is 20.4 Å². The van der Waals surface area contributed by atoms with E-state index in [4.69, 9.17) is 5.11 Å². The summed E-state index contributed by atoms with van der Waals surface area (Å²) < 4.78 is 1.71. The molecule has 2 N–H and O–H groups in total. The Morgan fingerprint density at radius 1 is 1.26 bits per heavy atom. The summed E-state index contributed by atoms with van der Waals surface area (Å²) in [7, 11) is 0. The Morgan fingerprint density at radius 3 is 2.48 bits per heavy atom. The van der Waals surface area contributed by atoms with Crippen molar-refractivity contribution in [2.24, 2.45) is 17.3 Å². The maximum absolute atomic E-state index is 12.2. The minimum absolute atomic E-state index is 0.244. The van der Waals surface area contributed by atoms with Crippen molar-refractivity contribution in [1.82, 2.24) is 14.8 Å². The quantitative estimate of drug-likeness (QED) is 0.874. The second-order valence-corrected chi connectivity index (χ2v) is 6.39. The van der Waals surface area contributed by atoms with Gasteiger partial charge in [0.25, 0.3) is 0 Å². The van der Waals surface area contributed by atoms with E-state index in [1.165, 1.54) is 6.33 Å². The standard InChI is InChI=1S/C16H18N4O3/c1-16(2)12(13(16)15(22)23)14(21)19-11-5-3-10(4-6-11)7-20-9-17-8-18-20/h3-6,8-9,12-13H,7H2,1-2H3,(H,19,21)(H,22,23)/t12-,13-/m1/s1. The monoisotopic (exact) mass is 314 g/mol. The van der Waals surface area contributed by atoms with E-state index in [0.717, 1.165) is 5.56 Å². The van der Waals surface area contributed by atoms with Gasteiger partial charge in [-0.15, -0.1) is 0 Å². The van der Waals surface area contributed by atoms with Gasteiger partial charge in [-0.3, -0.25) is 9.59 Å². The third-order valence-corrected chi connectivity index (χ3v) is 4.41. The molecular weight excluding hydrogens is 296 g/mol. The molecule has 23 heavy (non-hydrogen) atoms. The Hall–Kier alpha value is -2.70. The van der Waals surface area contributed by atoms with Crippen molar-refractivity contribution in [3.05, 3.63) is 42.5 Å². The number of nitrogens with one attached hydrogen (secondary N) is 1. The van der Waals surface area contributed by atoms with Crippen LogP contribution in [-0.2, 0) is 16.1 Å². The highest BCUT2D eigenvalue weighted by atomic mass is 16.4.